The third-order valence-corrected chi connectivity index (χ3v) is 5.52. The van der Waals surface area contributed by atoms with Gasteiger partial charge in [0, 0.05) is 6.07 Å². The molecule has 0 saturated carbocycles. The van der Waals surface area contributed by atoms with Crippen LogP contribution in [0.4, 0.5) is 0 Å². The van der Waals surface area contributed by atoms with Crippen LogP contribution in [0, 0.1) is 0 Å². The maximum absolute atomic E-state index is 12.5. The molecule has 0 aliphatic carbocycles. The zero-order chi connectivity index (χ0) is 25.8. The van der Waals surface area contributed by atoms with Crippen molar-refractivity contribution >= 4 is 11.0 Å². The molecule has 2 aromatic rings. The Kier molecular flexibility index (Phi) is 11.4. The highest BCUT2D eigenvalue weighted by Crippen LogP contribution is 2.34. The summed E-state index contributed by atoms with van der Waals surface area (Å²) in [7, 11) is 1.44. The maximum Gasteiger partial charge on any atom is 0.383 e. The molecule has 0 aliphatic heterocycles. The second kappa shape index (κ2) is 14.2. The molecule has 1 aromatic heterocycles. The highest BCUT2D eigenvalue weighted by Gasteiger charge is 2.17. The maximum atomic E-state index is 12.5. The largest absolute Gasteiger partial charge is 0.489 e. The minimum Gasteiger partial charge on any atom is -0.489 e. The van der Waals surface area contributed by atoms with E-state index in [1.807, 2.05) is 18.2 Å². The molecule has 0 spiro atoms. The van der Waals surface area contributed by atoms with Gasteiger partial charge < -0.3 is 18.6 Å². The van der Waals surface area contributed by atoms with E-state index < -0.39 is 5.63 Å². The van der Waals surface area contributed by atoms with E-state index in [0.717, 1.165) is 25.7 Å². The Bertz CT molecular complexity index is 1150. The van der Waals surface area contributed by atoms with Gasteiger partial charge in [-0.3, -0.25) is 0 Å². The molecule has 35 heavy (non-hydrogen) atoms. The smallest absolute Gasteiger partial charge is 0.383 e. The predicted molar refractivity (Wildman–Crippen MR) is 145 cm³/mol. The van der Waals surface area contributed by atoms with Gasteiger partial charge in [0.25, 0.3) is 0 Å². The molecule has 0 saturated heterocycles. The first kappa shape index (κ1) is 28.0. The summed E-state index contributed by atoms with van der Waals surface area (Å²) in [6, 6.07) is 5.40. The van der Waals surface area contributed by atoms with Crippen molar-refractivity contribution in [3.63, 3.8) is 0 Å². The summed E-state index contributed by atoms with van der Waals surface area (Å²) in [5.41, 5.74) is 4.98. The van der Waals surface area contributed by atoms with Crippen molar-refractivity contribution in [2.45, 2.75) is 67.2 Å². The van der Waals surface area contributed by atoms with Crippen molar-refractivity contribution in [2.75, 3.05) is 20.3 Å². The number of hydrogen-bond donors (Lipinski definition) is 0. The first-order chi connectivity index (χ1) is 16.7. The Hall–Kier alpha value is -3.21. The van der Waals surface area contributed by atoms with Gasteiger partial charge in [0.1, 0.15) is 24.5 Å². The second-order valence-electron chi connectivity index (χ2n) is 9.27. The molecule has 190 valence electrons. The van der Waals surface area contributed by atoms with E-state index >= 15 is 0 Å². The van der Waals surface area contributed by atoms with Gasteiger partial charge in [0.05, 0.1) is 12.5 Å². The lowest BCUT2D eigenvalue weighted by Gasteiger charge is -2.12. The number of rotatable bonds is 13. The molecular formula is C30H40O5. The predicted octanol–water partition coefficient (Wildman–Crippen LogP) is 7.94. The van der Waals surface area contributed by atoms with Gasteiger partial charge in [-0.2, -0.15) is 0 Å². The van der Waals surface area contributed by atoms with Crippen LogP contribution in [0.1, 0.15) is 67.2 Å². The molecule has 0 radical (unpaired) electrons. The van der Waals surface area contributed by atoms with Crippen LogP contribution in [0.2, 0.25) is 0 Å². The summed E-state index contributed by atoms with van der Waals surface area (Å²) >= 11 is 0. The third-order valence-electron chi connectivity index (χ3n) is 5.52. The van der Waals surface area contributed by atoms with Gasteiger partial charge >= 0.3 is 5.63 Å². The summed E-state index contributed by atoms with van der Waals surface area (Å²) in [5, 5.41) is 0.665. The first-order valence-electron chi connectivity index (χ1n) is 12.2. The summed E-state index contributed by atoms with van der Waals surface area (Å²) in [5.74, 6) is 1.07. The Morgan fingerprint density at radius 3 is 1.91 bits per heavy atom. The van der Waals surface area contributed by atoms with E-state index in [9.17, 15) is 4.79 Å². The number of allylic oxidation sites excluding steroid dienone is 6. The van der Waals surface area contributed by atoms with E-state index in [0.29, 0.717) is 35.7 Å². The molecule has 0 N–H and O–H groups in total. The topological polar surface area (TPSA) is 57.9 Å². The highest BCUT2D eigenvalue weighted by atomic mass is 16.5. The lowest BCUT2D eigenvalue weighted by atomic mass is 10.1. The monoisotopic (exact) mass is 480 g/mol. The van der Waals surface area contributed by atoms with Gasteiger partial charge in [0.15, 0.2) is 5.75 Å². The van der Waals surface area contributed by atoms with Crippen molar-refractivity contribution in [2.24, 2.45) is 0 Å². The van der Waals surface area contributed by atoms with Gasteiger partial charge in [0.2, 0.25) is 5.75 Å². The zero-order valence-electron chi connectivity index (χ0n) is 22.3. The number of ether oxygens (including phenoxy) is 3. The van der Waals surface area contributed by atoms with Gasteiger partial charge in [-0.05, 0) is 91.5 Å². The molecule has 2 rings (SSSR count). The highest BCUT2D eigenvalue weighted by molar-refractivity contribution is 5.86. The molecule has 5 nitrogen and oxygen atoms in total. The molecular weight excluding hydrogens is 440 g/mol. The van der Waals surface area contributed by atoms with E-state index in [4.69, 9.17) is 18.6 Å². The molecule has 5 heteroatoms. The Morgan fingerprint density at radius 1 is 0.800 bits per heavy atom. The fourth-order valence-corrected chi connectivity index (χ4v) is 3.47. The van der Waals surface area contributed by atoms with Crippen molar-refractivity contribution < 1.29 is 18.6 Å². The Balaban J connectivity index is 2.13. The van der Waals surface area contributed by atoms with Crippen molar-refractivity contribution in [1.29, 1.82) is 0 Å². The minimum atomic E-state index is -0.577. The van der Waals surface area contributed by atoms with E-state index in [1.165, 1.54) is 29.4 Å². The Morgan fingerprint density at radius 2 is 1.37 bits per heavy atom. The van der Waals surface area contributed by atoms with Crippen molar-refractivity contribution in [3.05, 3.63) is 75.2 Å². The van der Waals surface area contributed by atoms with E-state index in [2.05, 4.69) is 59.8 Å². The molecule has 0 fully saturated rings. The van der Waals surface area contributed by atoms with Crippen molar-refractivity contribution in [3.8, 4) is 17.2 Å². The van der Waals surface area contributed by atoms with Crippen LogP contribution in [-0.2, 0) is 0 Å². The lowest BCUT2D eigenvalue weighted by Crippen LogP contribution is -2.08. The fraction of sp³-hybridized carbons (Fsp3) is 0.433. The quantitative estimate of drug-likeness (QED) is 0.215. The first-order valence-corrected chi connectivity index (χ1v) is 12.2. The molecule has 0 bridgehead atoms. The average molecular weight is 481 g/mol. The normalized spacial score (nSPS) is 11.9. The molecule has 1 aromatic carbocycles. The molecule has 0 atom stereocenters. The second-order valence-corrected chi connectivity index (χ2v) is 9.27. The SMILES string of the molecule is COc1c(OCC=C(C)CCC=C(C)C)c2ccc(OCC=C(C)CCC=C(C)C)cc2oc1=O. The van der Waals surface area contributed by atoms with Crippen LogP contribution in [0.25, 0.3) is 11.0 Å². The summed E-state index contributed by atoms with van der Waals surface area (Å²) in [6.07, 6.45) is 12.6. The van der Waals surface area contributed by atoms with Crippen LogP contribution < -0.4 is 19.8 Å². The van der Waals surface area contributed by atoms with Crippen LogP contribution in [0.5, 0.6) is 17.2 Å². The fourth-order valence-electron chi connectivity index (χ4n) is 3.47. The van der Waals surface area contributed by atoms with Gasteiger partial charge in [-0.1, -0.05) is 34.4 Å². The minimum absolute atomic E-state index is 0.0664. The molecule has 0 aliphatic rings. The van der Waals surface area contributed by atoms with E-state index in [1.54, 1.807) is 6.07 Å². The third kappa shape index (κ3) is 9.51. The zero-order valence-corrected chi connectivity index (χ0v) is 22.3. The standard InChI is InChI=1S/C30H40O5/c1-21(2)10-8-12-23(5)16-18-33-25-14-15-26-27(20-25)35-30(31)29(32-7)28(26)34-19-17-24(6)13-9-11-22(3)4/h10-11,14-17,20H,8-9,12-13,18-19H2,1-7H3. The summed E-state index contributed by atoms with van der Waals surface area (Å²) in [6.45, 7) is 13.4. The number of benzene rings is 1. The summed E-state index contributed by atoms with van der Waals surface area (Å²) in [4.78, 5) is 12.5. The van der Waals surface area contributed by atoms with Crippen molar-refractivity contribution in [1.82, 2.24) is 0 Å². The number of methoxy groups -OCH3 is 1. The van der Waals surface area contributed by atoms with Crippen LogP contribution in [-0.4, -0.2) is 20.3 Å². The lowest BCUT2D eigenvalue weighted by molar-refractivity contribution is 0.315. The molecule has 0 unspecified atom stereocenters. The molecule has 1 heterocycles. The number of fused-ring (bicyclic) bond motifs is 1. The van der Waals surface area contributed by atoms with Crippen LogP contribution in [0.3, 0.4) is 0 Å². The molecule has 0 amide bonds. The average Bonchev–Trinajstić information content (AvgIpc) is 2.78. The van der Waals surface area contributed by atoms with Gasteiger partial charge in [-0.15, -0.1) is 0 Å². The number of hydrogen-bond acceptors (Lipinski definition) is 5. The van der Waals surface area contributed by atoms with E-state index in [-0.39, 0.29) is 5.75 Å². The van der Waals surface area contributed by atoms with Crippen LogP contribution in [0.15, 0.2) is 74.0 Å². The van der Waals surface area contributed by atoms with Crippen LogP contribution >= 0.6 is 0 Å². The van der Waals surface area contributed by atoms with Gasteiger partial charge in [-0.25, -0.2) is 4.79 Å². The summed E-state index contributed by atoms with van der Waals surface area (Å²) < 4.78 is 22.7. The Labute approximate surface area is 209 Å².